The molecule has 1 amide bonds. The summed E-state index contributed by atoms with van der Waals surface area (Å²) in [4.78, 5) is 12.6. The molecule has 1 aromatic carbocycles. The summed E-state index contributed by atoms with van der Waals surface area (Å²) in [7, 11) is 1.74. The Bertz CT molecular complexity index is 518. The molecule has 0 aliphatic rings. The van der Waals surface area contributed by atoms with Crippen molar-refractivity contribution in [3.63, 3.8) is 0 Å². The lowest BCUT2D eigenvalue weighted by atomic mass is 10.0. The molecular formula is C17H23NO2. The quantitative estimate of drug-likeness (QED) is 0.662. The standard InChI is InChI=1S/C17H23NO2/c1-5-6-7-15-9-8-14(10-11-17(2,3)20)12-16(15)18(4)13-19/h8-9,12-13,20H,5-7H2,1-4H3. The molecule has 0 bridgehead atoms. The summed E-state index contributed by atoms with van der Waals surface area (Å²) in [5.74, 6) is 5.73. The smallest absolute Gasteiger partial charge is 0.213 e. The van der Waals surface area contributed by atoms with Crippen LogP contribution in [0.5, 0.6) is 0 Å². The van der Waals surface area contributed by atoms with Gasteiger partial charge in [-0.05, 0) is 44.4 Å². The Morgan fingerprint density at radius 3 is 2.65 bits per heavy atom. The van der Waals surface area contributed by atoms with Gasteiger partial charge in [0.25, 0.3) is 0 Å². The topological polar surface area (TPSA) is 40.5 Å². The van der Waals surface area contributed by atoms with Crippen molar-refractivity contribution in [1.82, 2.24) is 0 Å². The Morgan fingerprint density at radius 1 is 1.40 bits per heavy atom. The maximum Gasteiger partial charge on any atom is 0.213 e. The number of benzene rings is 1. The molecule has 0 aliphatic carbocycles. The number of hydrogen-bond acceptors (Lipinski definition) is 2. The van der Waals surface area contributed by atoms with E-state index in [1.807, 2.05) is 18.2 Å². The lowest BCUT2D eigenvalue weighted by molar-refractivity contribution is -0.107. The highest BCUT2D eigenvalue weighted by Gasteiger charge is 2.09. The van der Waals surface area contributed by atoms with Gasteiger partial charge < -0.3 is 10.0 Å². The van der Waals surface area contributed by atoms with Gasteiger partial charge in [-0.3, -0.25) is 4.79 Å². The van der Waals surface area contributed by atoms with Crippen LogP contribution in [0.4, 0.5) is 5.69 Å². The van der Waals surface area contributed by atoms with Crippen LogP contribution < -0.4 is 4.90 Å². The Hall–Kier alpha value is -1.79. The molecule has 0 atom stereocenters. The van der Waals surface area contributed by atoms with Gasteiger partial charge in [0.1, 0.15) is 5.60 Å². The maximum atomic E-state index is 11.0. The molecule has 3 heteroatoms. The minimum Gasteiger partial charge on any atom is -0.378 e. The van der Waals surface area contributed by atoms with Gasteiger partial charge in [0.05, 0.1) is 0 Å². The average Bonchev–Trinajstić information content (AvgIpc) is 2.41. The number of carbonyl (C=O) groups is 1. The first kappa shape index (κ1) is 16.3. The number of nitrogens with zero attached hydrogens (tertiary/aromatic N) is 1. The number of hydrogen-bond donors (Lipinski definition) is 1. The van der Waals surface area contributed by atoms with E-state index in [1.165, 1.54) is 0 Å². The molecule has 0 aromatic heterocycles. The van der Waals surface area contributed by atoms with Gasteiger partial charge in [0.15, 0.2) is 0 Å². The monoisotopic (exact) mass is 273 g/mol. The summed E-state index contributed by atoms with van der Waals surface area (Å²) in [6.07, 6.45) is 3.96. The number of rotatable bonds is 5. The van der Waals surface area contributed by atoms with Crippen molar-refractivity contribution in [3.8, 4) is 11.8 Å². The SMILES string of the molecule is CCCCc1ccc(C#CC(C)(C)O)cc1N(C)C=O. The van der Waals surface area contributed by atoms with Crippen LogP contribution in [0.15, 0.2) is 18.2 Å². The van der Waals surface area contributed by atoms with Crippen molar-refractivity contribution in [2.45, 2.75) is 45.6 Å². The fourth-order valence-corrected chi connectivity index (χ4v) is 1.83. The maximum absolute atomic E-state index is 11.0. The van der Waals surface area contributed by atoms with E-state index in [0.717, 1.165) is 42.5 Å². The highest BCUT2D eigenvalue weighted by molar-refractivity contribution is 5.77. The van der Waals surface area contributed by atoms with E-state index in [0.29, 0.717) is 0 Å². The van der Waals surface area contributed by atoms with Gasteiger partial charge in [-0.2, -0.15) is 0 Å². The van der Waals surface area contributed by atoms with Crippen LogP contribution in [0.25, 0.3) is 0 Å². The molecule has 1 aromatic rings. The minimum atomic E-state index is -1.02. The molecule has 0 spiro atoms. The third kappa shape index (κ3) is 5.07. The van der Waals surface area contributed by atoms with Crippen molar-refractivity contribution in [3.05, 3.63) is 29.3 Å². The van der Waals surface area contributed by atoms with Gasteiger partial charge in [-0.25, -0.2) is 0 Å². The summed E-state index contributed by atoms with van der Waals surface area (Å²) < 4.78 is 0. The second kappa shape index (κ2) is 7.12. The molecule has 0 saturated carbocycles. The van der Waals surface area contributed by atoms with Gasteiger partial charge in [0.2, 0.25) is 6.41 Å². The largest absolute Gasteiger partial charge is 0.378 e. The number of aryl methyl sites for hydroxylation is 1. The molecule has 0 aliphatic heterocycles. The second-order valence-corrected chi connectivity index (χ2v) is 5.47. The zero-order chi connectivity index (χ0) is 15.2. The average molecular weight is 273 g/mol. The summed E-state index contributed by atoms with van der Waals surface area (Å²) >= 11 is 0. The predicted octanol–water partition coefficient (Wildman–Crippen LogP) is 2.74. The highest BCUT2D eigenvalue weighted by Crippen LogP contribution is 2.22. The van der Waals surface area contributed by atoms with E-state index in [1.54, 1.807) is 25.8 Å². The summed E-state index contributed by atoms with van der Waals surface area (Å²) in [6.45, 7) is 5.44. The first-order valence-electron chi connectivity index (χ1n) is 6.94. The molecule has 1 rings (SSSR count). The second-order valence-electron chi connectivity index (χ2n) is 5.47. The molecule has 1 N–H and O–H groups in total. The van der Waals surface area contributed by atoms with Crippen LogP contribution in [0.3, 0.4) is 0 Å². The van der Waals surface area contributed by atoms with Gasteiger partial charge >= 0.3 is 0 Å². The van der Waals surface area contributed by atoms with Crippen molar-refractivity contribution in [2.75, 3.05) is 11.9 Å². The van der Waals surface area contributed by atoms with E-state index in [-0.39, 0.29) is 0 Å². The van der Waals surface area contributed by atoms with E-state index < -0.39 is 5.60 Å². The van der Waals surface area contributed by atoms with Crippen LogP contribution in [0.1, 0.15) is 44.7 Å². The van der Waals surface area contributed by atoms with Crippen LogP contribution in [0.2, 0.25) is 0 Å². The lowest BCUT2D eigenvalue weighted by Crippen LogP contribution is -2.16. The van der Waals surface area contributed by atoms with Gasteiger partial charge in [-0.1, -0.05) is 31.3 Å². The minimum absolute atomic E-state index is 0.802. The normalized spacial score (nSPS) is 10.7. The first-order chi connectivity index (χ1) is 9.37. The van der Waals surface area contributed by atoms with Crippen molar-refractivity contribution < 1.29 is 9.90 Å². The van der Waals surface area contributed by atoms with Crippen LogP contribution >= 0.6 is 0 Å². The number of unbranched alkanes of at least 4 members (excludes halogenated alkanes) is 1. The predicted molar refractivity (Wildman–Crippen MR) is 82.7 cm³/mol. The van der Waals surface area contributed by atoms with Gasteiger partial charge in [-0.15, -0.1) is 0 Å². The van der Waals surface area contributed by atoms with Crippen LogP contribution in [-0.4, -0.2) is 24.2 Å². The molecule has 20 heavy (non-hydrogen) atoms. The van der Waals surface area contributed by atoms with Gasteiger partial charge in [0, 0.05) is 18.3 Å². The summed E-state index contributed by atoms with van der Waals surface area (Å²) in [5.41, 5.74) is 1.82. The van der Waals surface area contributed by atoms with E-state index >= 15 is 0 Å². The summed E-state index contributed by atoms with van der Waals surface area (Å²) in [5, 5.41) is 9.63. The third-order valence-corrected chi connectivity index (χ3v) is 2.94. The number of anilines is 1. The van der Waals surface area contributed by atoms with Crippen molar-refractivity contribution in [1.29, 1.82) is 0 Å². The Balaban J connectivity index is 3.12. The van der Waals surface area contributed by atoms with Crippen molar-refractivity contribution in [2.24, 2.45) is 0 Å². The molecule has 0 heterocycles. The molecule has 0 radical (unpaired) electrons. The van der Waals surface area contributed by atoms with E-state index in [9.17, 15) is 9.90 Å². The summed E-state index contributed by atoms with van der Waals surface area (Å²) in [6, 6.07) is 5.85. The highest BCUT2D eigenvalue weighted by atomic mass is 16.3. The molecule has 0 unspecified atom stereocenters. The van der Waals surface area contributed by atoms with E-state index in [2.05, 4.69) is 18.8 Å². The zero-order valence-electron chi connectivity index (χ0n) is 12.7. The Labute approximate surface area is 121 Å². The zero-order valence-corrected chi connectivity index (χ0v) is 12.7. The van der Waals surface area contributed by atoms with Crippen molar-refractivity contribution >= 4 is 12.1 Å². The molecule has 3 nitrogen and oxygen atoms in total. The number of amides is 1. The third-order valence-electron chi connectivity index (χ3n) is 2.94. The number of aliphatic hydroxyl groups is 1. The van der Waals surface area contributed by atoms with Crippen LogP contribution in [-0.2, 0) is 11.2 Å². The fraction of sp³-hybridized carbons (Fsp3) is 0.471. The molecule has 108 valence electrons. The Morgan fingerprint density at radius 2 is 2.10 bits per heavy atom. The molecule has 0 fully saturated rings. The lowest BCUT2D eigenvalue weighted by Gasteiger charge is -2.16. The molecular weight excluding hydrogens is 250 g/mol. The molecule has 0 saturated heterocycles. The van der Waals surface area contributed by atoms with E-state index in [4.69, 9.17) is 0 Å². The number of carbonyl (C=O) groups excluding carboxylic acids is 1. The Kier molecular flexibility index (Phi) is 5.79. The first-order valence-corrected chi connectivity index (χ1v) is 6.94. The fourth-order valence-electron chi connectivity index (χ4n) is 1.83. The van der Waals surface area contributed by atoms with Crippen LogP contribution in [0, 0.1) is 11.8 Å².